The molecule has 1 unspecified atom stereocenters. The number of benzene rings is 1. The van der Waals surface area contributed by atoms with Crippen molar-refractivity contribution in [2.75, 3.05) is 0 Å². The number of carbonyl (C=O) groups is 1. The third-order valence-corrected chi connectivity index (χ3v) is 2.74. The first-order valence-corrected chi connectivity index (χ1v) is 6.06. The lowest BCUT2D eigenvalue weighted by Crippen LogP contribution is -2.32. The highest BCUT2D eigenvalue weighted by Crippen LogP contribution is 2.06. The first-order valence-electron chi connectivity index (χ1n) is 6.06. The molecule has 0 aliphatic carbocycles. The molecule has 0 fully saturated rings. The molecule has 0 aliphatic heterocycles. The first-order chi connectivity index (χ1) is 7.74. The molecule has 1 rings (SSSR count). The summed E-state index contributed by atoms with van der Waals surface area (Å²) >= 11 is 0. The molecule has 0 amide bonds. The molecular formula is C14H21NO. The number of hydrogen-bond acceptors (Lipinski definition) is 2. The fraction of sp³-hybridized carbons (Fsp3) is 0.500. The minimum atomic E-state index is -0.334. The molecule has 2 heteroatoms. The Morgan fingerprint density at radius 3 is 2.56 bits per heavy atom. The Kier molecular flexibility index (Phi) is 5.79. The average Bonchev–Trinajstić information content (AvgIpc) is 2.30. The first kappa shape index (κ1) is 12.9. The van der Waals surface area contributed by atoms with Crippen LogP contribution in [0.4, 0.5) is 0 Å². The highest BCUT2D eigenvalue weighted by molar-refractivity contribution is 5.84. The Morgan fingerprint density at radius 1 is 1.25 bits per heavy atom. The normalized spacial score (nSPS) is 12.4. The van der Waals surface area contributed by atoms with E-state index in [0.29, 0.717) is 12.8 Å². The second kappa shape index (κ2) is 7.18. The molecule has 0 spiro atoms. The van der Waals surface area contributed by atoms with Crippen LogP contribution in [0.5, 0.6) is 0 Å². The smallest absolute Gasteiger partial charge is 0.149 e. The van der Waals surface area contributed by atoms with Gasteiger partial charge in [0, 0.05) is 6.42 Å². The molecule has 2 N–H and O–H groups in total. The molecule has 0 saturated carbocycles. The number of carbonyl (C=O) groups excluding carboxylic acids is 1. The van der Waals surface area contributed by atoms with Gasteiger partial charge in [-0.2, -0.15) is 0 Å². The number of hydrogen-bond donors (Lipinski definition) is 1. The van der Waals surface area contributed by atoms with Crippen LogP contribution in [-0.2, 0) is 11.2 Å². The van der Waals surface area contributed by atoms with E-state index < -0.39 is 0 Å². The van der Waals surface area contributed by atoms with Gasteiger partial charge in [0.2, 0.25) is 0 Å². The molecule has 1 aromatic carbocycles. The second-order valence-corrected chi connectivity index (χ2v) is 4.22. The van der Waals surface area contributed by atoms with Crippen molar-refractivity contribution in [2.45, 2.75) is 45.1 Å². The Bertz CT molecular complexity index is 308. The number of Topliss-reactive ketones (excluding diaryl/α,β-unsaturated/α-hetero) is 1. The van der Waals surface area contributed by atoms with Gasteiger partial charge in [0.1, 0.15) is 5.78 Å². The summed E-state index contributed by atoms with van der Waals surface area (Å²) in [6.07, 6.45) is 4.51. The van der Waals surface area contributed by atoms with Gasteiger partial charge in [0.25, 0.3) is 0 Å². The van der Waals surface area contributed by atoms with Crippen molar-refractivity contribution in [1.82, 2.24) is 0 Å². The van der Waals surface area contributed by atoms with Crippen molar-refractivity contribution in [2.24, 2.45) is 5.73 Å². The zero-order valence-corrected chi connectivity index (χ0v) is 9.99. The predicted molar refractivity (Wildman–Crippen MR) is 67.3 cm³/mol. The Morgan fingerprint density at radius 2 is 1.94 bits per heavy atom. The Labute approximate surface area is 97.9 Å². The van der Waals surface area contributed by atoms with Crippen molar-refractivity contribution >= 4 is 5.78 Å². The van der Waals surface area contributed by atoms with Crippen molar-refractivity contribution < 1.29 is 4.79 Å². The van der Waals surface area contributed by atoms with Gasteiger partial charge in [-0.15, -0.1) is 0 Å². The van der Waals surface area contributed by atoms with E-state index in [2.05, 4.69) is 6.92 Å². The summed E-state index contributed by atoms with van der Waals surface area (Å²) in [7, 11) is 0. The summed E-state index contributed by atoms with van der Waals surface area (Å²) in [5.41, 5.74) is 7.02. The van der Waals surface area contributed by atoms with Gasteiger partial charge in [-0.1, -0.05) is 50.1 Å². The average molecular weight is 219 g/mol. The van der Waals surface area contributed by atoms with E-state index in [1.807, 2.05) is 30.3 Å². The van der Waals surface area contributed by atoms with Crippen LogP contribution in [-0.4, -0.2) is 11.8 Å². The molecule has 0 heterocycles. The van der Waals surface area contributed by atoms with Crippen LogP contribution in [0, 0.1) is 0 Å². The van der Waals surface area contributed by atoms with E-state index in [1.165, 1.54) is 0 Å². The lowest BCUT2D eigenvalue weighted by Gasteiger charge is -2.10. The summed E-state index contributed by atoms with van der Waals surface area (Å²) in [4.78, 5) is 11.7. The van der Waals surface area contributed by atoms with Gasteiger partial charge in [-0.3, -0.25) is 4.79 Å². The summed E-state index contributed by atoms with van der Waals surface area (Å²) < 4.78 is 0. The fourth-order valence-electron chi connectivity index (χ4n) is 1.72. The highest BCUT2D eigenvalue weighted by Gasteiger charge is 2.12. The maximum Gasteiger partial charge on any atom is 0.149 e. The lowest BCUT2D eigenvalue weighted by atomic mass is 10.00. The number of ketones is 1. The van der Waals surface area contributed by atoms with Crippen LogP contribution >= 0.6 is 0 Å². The molecule has 88 valence electrons. The molecule has 0 radical (unpaired) electrons. The summed E-state index contributed by atoms with van der Waals surface area (Å²) in [5.74, 6) is 0.192. The van der Waals surface area contributed by atoms with E-state index >= 15 is 0 Å². The third-order valence-electron chi connectivity index (χ3n) is 2.74. The number of rotatable bonds is 7. The van der Waals surface area contributed by atoms with Crippen molar-refractivity contribution in [3.63, 3.8) is 0 Å². The molecular weight excluding hydrogens is 198 g/mol. The standard InChI is InChI=1S/C14H21NO/c1-2-3-5-10-14(16)13(15)11-12-8-6-4-7-9-12/h4,6-9,13H,2-3,5,10-11,15H2,1H3. The number of unbranched alkanes of at least 4 members (excludes halogenated alkanes) is 2. The Hall–Kier alpha value is -1.15. The largest absolute Gasteiger partial charge is 0.321 e. The number of nitrogens with two attached hydrogens (primary N) is 1. The Balaban J connectivity index is 2.34. The molecule has 1 aromatic rings. The highest BCUT2D eigenvalue weighted by atomic mass is 16.1. The van der Waals surface area contributed by atoms with Gasteiger partial charge in [-0.25, -0.2) is 0 Å². The van der Waals surface area contributed by atoms with Crippen LogP contribution < -0.4 is 5.73 Å². The van der Waals surface area contributed by atoms with Crippen molar-refractivity contribution in [1.29, 1.82) is 0 Å². The van der Waals surface area contributed by atoms with E-state index in [-0.39, 0.29) is 11.8 Å². The molecule has 16 heavy (non-hydrogen) atoms. The molecule has 0 aliphatic rings. The summed E-state index contributed by atoms with van der Waals surface area (Å²) in [5, 5.41) is 0. The molecule has 0 bridgehead atoms. The summed E-state index contributed by atoms with van der Waals surface area (Å²) in [6, 6.07) is 9.61. The van der Waals surface area contributed by atoms with Crippen LogP contribution in [0.15, 0.2) is 30.3 Å². The zero-order chi connectivity index (χ0) is 11.8. The second-order valence-electron chi connectivity index (χ2n) is 4.22. The zero-order valence-electron chi connectivity index (χ0n) is 9.99. The maximum absolute atomic E-state index is 11.7. The van der Waals surface area contributed by atoms with E-state index in [4.69, 9.17) is 5.73 Å². The van der Waals surface area contributed by atoms with Crippen LogP contribution in [0.3, 0.4) is 0 Å². The van der Waals surface area contributed by atoms with E-state index in [0.717, 1.165) is 24.8 Å². The fourth-order valence-corrected chi connectivity index (χ4v) is 1.72. The lowest BCUT2D eigenvalue weighted by molar-refractivity contribution is -0.120. The maximum atomic E-state index is 11.7. The molecule has 2 nitrogen and oxygen atoms in total. The molecule has 1 atom stereocenters. The van der Waals surface area contributed by atoms with Crippen molar-refractivity contribution in [3.8, 4) is 0 Å². The predicted octanol–water partition coefficient (Wildman–Crippen LogP) is 2.71. The minimum Gasteiger partial charge on any atom is -0.321 e. The van der Waals surface area contributed by atoms with Gasteiger partial charge in [-0.05, 0) is 18.4 Å². The van der Waals surface area contributed by atoms with Gasteiger partial charge < -0.3 is 5.73 Å². The van der Waals surface area contributed by atoms with Crippen LogP contribution in [0.25, 0.3) is 0 Å². The minimum absolute atomic E-state index is 0.192. The summed E-state index contributed by atoms with van der Waals surface area (Å²) in [6.45, 7) is 2.13. The molecule has 0 aromatic heterocycles. The topological polar surface area (TPSA) is 43.1 Å². The SMILES string of the molecule is CCCCCC(=O)C(N)Cc1ccccc1. The van der Waals surface area contributed by atoms with Gasteiger partial charge >= 0.3 is 0 Å². The van der Waals surface area contributed by atoms with Crippen LogP contribution in [0.2, 0.25) is 0 Å². The monoisotopic (exact) mass is 219 g/mol. The third kappa shape index (κ3) is 4.58. The van der Waals surface area contributed by atoms with Gasteiger partial charge in [0.05, 0.1) is 6.04 Å². The quantitative estimate of drug-likeness (QED) is 0.716. The van der Waals surface area contributed by atoms with Crippen molar-refractivity contribution in [3.05, 3.63) is 35.9 Å². The van der Waals surface area contributed by atoms with E-state index in [1.54, 1.807) is 0 Å². The van der Waals surface area contributed by atoms with Crippen LogP contribution in [0.1, 0.15) is 38.2 Å². The van der Waals surface area contributed by atoms with Gasteiger partial charge in [0.15, 0.2) is 0 Å². The molecule has 0 saturated heterocycles. The van der Waals surface area contributed by atoms with E-state index in [9.17, 15) is 4.79 Å².